The van der Waals surface area contributed by atoms with Crippen molar-refractivity contribution in [3.63, 3.8) is 0 Å². The van der Waals surface area contributed by atoms with Crippen molar-refractivity contribution in [2.45, 2.75) is 62.4 Å². The van der Waals surface area contributed by atoms with E-state index in [0.717, 1.165) is 30.7 Å². The van der Waals surface area contributed by atoms with Gasteiger partial charge in [0, 0.05) is 0 Å². The van der Waals surface area contributed by atoms with Crippen LogP contribution >= 0.6 is 0 Å². The fourth-order valence-corrected chi connectivity index (χ4v) is 6.02. The zero-order valence-electron chi connectivity index (χ0n) is 18.7. The molecule has 1 fully saturated rings. The molecule has 0 bridgehead atoms. The Kier molecular flexibility index (Phi) is 6.96. The second-order valence-corrected chi connectivity index (χ2v) is 10.8. The van der Waals surface area contributed by atoms with Crippen LogP contribution in [0.1, 0.15) is 43.9 Å². The minimum atomic E-state index is -0.745. The van der Waals surface area contributed by atoms with Gasteiger partial charge in [-0.05, 0) is 0 Å². The van der Waals surface area contributed by atoms with Crippen LogP contribution in [-0.2, 0) is 24.3 Å². The summed E-state index contributed by atoms with van der Waals surface area (Å²) in [6, 6.07) is 18.8. The van der Waals surface area contributed by atoms with Gasteiger partial charge in [0.2, 0.25) is 0 Å². The van der Waals surface area contributed by atoms with Crippen molar-refractivity contribution in [3.05, 3.63) is 76.2 Å². The van der Waals surface area contributed by atoms with E-state index in [1.807, 2.05) is 16.7 Å². The summed E-state index contributed by atoms with van der Waals surface area (Å²) in [6.07, 6.45) is 5.98. The van der Waals surface area contributed by atoms with Gasteiger partial charge in [0.15, 0.2) is 0 Å². The molecule has 0 unspecified atom stereocenters. The van der Waals surface area contributed by atoms with Crippen molar-refractivity contribution in [2.75, 3.05) is 0 Å². The molecular formula is C26H28IN2O4-. The summed E-state index contributed by atoms with van der Waals surface area (Å²) >= 11 is -0.745. The normalized spacial score (nSPS) is 17.8. The predicted octanol–water partition coefficient (Wildman–Crippen LogP) is 1.73. The van der Waals surface area contributed by atoms with Gasteiger partial charge in [-0.2, -0.15) is 0 Å². The van der Waals surface area contributed by atoms with Gasteiger partial charge >= 0.3 is 205 Å². The summed E-state index contributed by atoms with van der Waals surface area (Å²) in [6.45, 7) is 3.22. The molecule has 0 N–H and O–H groups in total. The topological polar surface area (TPSA) is 62.6 Å². The van der Waals surface area contributed by atoms with Crippen molar-refractivity contribution in [1.82, 2.24) is 9.55 Å². The zero-order valence-corrected chi connectivity index (χ0v) is 20.9. The average Bonchev–Trinajstić information content (AvgIpc) is 3.51. The molecule has 7 heteroatoms. The van der Waals surface area contributed by atoms with Crippen molar-refractivity contribution in [3.8, 4) is 22.9 Å². The van der Waals surface area contributed by atoms with Gasteiger partial charge in [0.05, 0.1) is 0 Å². The number of hydrogen-bond acceptors (Lipinski definition) is 5. The Bertz CT molecular complexity index is 1140. The third-order valence-electron chi connectivity index (χ3n) is 6.18. The molecule has 33 heavy (non-hydrogen) atoms. The standard InChI is InChI=1S/C26H28IN2O4/c1-2-18-7-9-19(10-8-18)20-11-13-23(14-12-20)33-27-24-16-29-21(15-25(30)28-26(29)32-24)17-31-22-5-3-4-6-22/h7-15,22,24H,2-6,16-17H2,1H3/q-1/t24-/m0/s1. The molecule has 1 atom stereocenters. The molecule has 5 rings (SSSR count). The van der Waals surface area contributed by atoms with E-state index in [-0.39, 0.29) is 9.67 Å². The number of halogens is 1. The number of aryl methyl sites for hydroxylation is 1. The van der Waals surface area contributed by atoms with E-state index in [4.69, 9.17) is 12.5 Å². The quantitative estimate of drug-likeness (QED) is 0.311. The first-order valence-corrected chi connectivity index (χ1v) is 13.7. The van der Waals surface area contributed by atoms with Crippen LogP contribution in [0.4, 0.5) is 0 Å². The van der Waals surface area contributed by atoms with E-state index in [1.165, 1.54) is 29.5 Å². The fourth-order valence-electron chi connectivity index (χ4n) is 4.27. The molecule has 2 aliphatic rings. The fraction of sp³-hybridized carbons (Fsp3) is 0.385. The number of aromatic nitrogens is 2. The number of rotatable bonds is 8. The second kappa shape index (κ2) is 10.3. The van der Waals surface area contributed by atoms with Crippen molar-refractivity contribution in [2.24, 2.45) is 0 Å². The van der Waals surface area contributed by atoms with E-state index in [9.17, 15) is 4.79 Å². The van der Waals surface area contributed by atoms with E-state index in [1.54, 1.807) is 6.07 Å². The Balaban J connectivity index is 1.18. The Morgan fingerprint density at radius 2 is 1.76 bits per heavy atom. The Hall–Kier alpha value is -2.39. The van der Waals surface area contributed by atoms with E-state index >= 15 is 0 Å². The molecular weight excluding hydrogens is 531 g/mol. The molecule has 2 heterocycles. The van der Waals surface area contributed by atoms with Crippen LogP contribution < -0.4 is 35.0 Å². The molecule has 0 amide bonds. The summed E-state index contributed by atoms with van der Waals surface area (Å²) in [7, 11) is 0. The SMILES string of the molecule is CCc1ccc(-c2ccc(O[I-][C@@H]3Cn4c(COC5CCCC5)cc(=O)nc4O3)cc2)cc1. The van der Waals surface area contributed by atoms with Gasteiger partial charge in [-0.3, -0.25) is 0 Å². The molecule has 0 saturated heterocycles. The van der Waals surface area contributed by atoms with Crippen LogP contribution in [0.5, 0.6) is 11.8 Å². The van der Waals surface area contributed by atoms with Crippen LogP contribution in [0.3, 0.4) is 0 Å². The van der Waals surface area contributed by atoms with E-state index < -0.39 is 21.6 Å². The summed E-state index contributed by atoms with van der Waals surface area (Å²) in [5.74, 6) is 0.837. The number of alkyl halides is 1. The van der Waals surface area contributed by atoms with Gasteiger partial charge < -0.3 is 0 Å². The minimum absolute atomic E-state index is 0.0930. The van der Waals surface area contributed by atoms with Crippen molar-refractivity contribution >= 4 is 0 Å². The maximum absolute atomic E-state index is 12.0. The summed E-state index contributed by atoms with van der Waals surface area (Å²) in [5, 5.41) is 0. The predicted molar refractivity (Wildman–Crippen MR) is 122 cm³/mol. The van der Waals surface area contributed by atoms with Crippen molar-refractivity contribution < 1.29 is 34.2 Å². The molecule has 1 saturated carbocycles. The van der Waals surface area contributed by atoms with Crippen LogP contribution in [0.15, 0.2) is 59.4 Å². The number of benzene rings is 2. The van der Waals surface area contributed by atoms with Gasteiger partial charge in [0.1, 0.15) is 0 Å². The van der Waals surface area contributed by atoms with Crippen molar-refractivity contribution in [1.29, 1.82) is 0 Å². The number of fused-ring (bicyclic) bond motifs is 1. The number of hydrogen-bond donors (Lipinski definition) is 0. The monoisotopic (exact) mass is 559 g/mol. The van der Waals surface area contributed by atoms with Gasteiger partial charge in [-0.15, -0.1) is 0 Å². The van der Waals surface area contributed by atoms with Crippen LogP contribution in [0.25, 0.3) is 11.1 Å². The summed E-state index contributed by atoms with van der Waals surface area (Å²) < 4.78 is 20.0. The molecule has 6 nitrogen and oxygen atoms in total. The molecule has 1 aliphatic carbocycles. The Labute approximate surface area is 204 Å². The second-order valence-electron chi connectivity index (χ2n) is 8.47. The molecule has 2 aromatic carbocycles. The van der Waals surface area contributed by atoms with Crippen LogP contribution in [-0.4, -0.2) is 19.8 Å². The molecule has 1 aliphatic heterocycles. The molecule has 174 valence electrons. The van der Waals surface area contributed by atoms with E-state index in [0.29, 0.717) is 25.3 Å². The zero-order chi connectivity index (χ0) is 22.6. The van der Waals surface area contributed by atoms with Gasteiger partial charge in [0.25, 0.3) is 0 Å². The molecule has 0 radical (unpaired) electrons. The average molecular weight is 559 g/mol. The summed E-state index contributed by atoms with van der Waals surface area (Å²) in [5.41, 5.74) is 4.26. The Morgan fingerprint density at radius 3 is 2.45 bits per heavy atom. The maximum atomic E-state index is 12.0. The Morgan fingerprint density at radius 1 is 1.06 bits per heavy atom. The first-order valence-electron chi connectivity index (χ1n) is 11.6. The third kappa shape index (κ3) is 5.41. The number of ether oxygens (including phenoxy) is 2. The summed E-state index contributed by atoms with van der Waals surface area (Å²) in [4.78, 5) is 16.1. The first kappa shape index (κ1) is 22.4. The van der Waals surface area contributed by atoms with Crippen LogP contribution in [0, 0.1) is 0 Å². The van der Waals surface area contributed by atoms with E-state index in [2.05, 4.69) is 48.3 Å². The number of nitrogens with zero attached hydrogens (tertiary/aromatic N) is 2. The van der Waals surface area contributed by atoms with Gasteiger partial charge in [-0.25, -0.2) is 0 Å². The molecule has 0 spiro atoms. The van der Waals surface area contributed by atoms with Crippen LogP contribution in [0.2, 0.25) is 0 Å². The third-order valence-corrected chi connectivity index (χ3v) is 8.16. The molecule has 3 aromatic rings. The van der Waals surface area contributed by atoms with Gasteiger partial charge in [-0.1, -0.05) is 0 Å². The molecule has 1 aromatic heterocycles. The first-order chi connectivity index (χ1) is 16.2.